The van der Waals surface area contributed by atoms with Crippen molar-refractivity contribution in [3.05, 3.63) is 29.3 Å². The quantitative estimate of drug-likeness (QED) is 0.576. The first-order valence-electron chi connectivity index (χ1n) is 2.77. The van der Waals surface area contributed by atoms with Crippen molar-refractivity contribution in [1.29, 1.82) is 0 Å². The Morgan fingerprint density at radius 3 is 2.40 bits per heavy atom. The molecule has 0 saturated heterocycles. The summed E-state index contributed by atoms with van der Waals surface area (Å²) in [7, 11) is 0. The maximum absolute atomic E-state index is 5.71. The Hall–Kier alpha value is 0.509. The van der Waals surface area contributed by atoms with Crippen molar-refractivity contribution in [2.75, 3.05) is 4.23 Å². The van der Waals surface area contributed by atoms with Gasteiger partial charge in [0.05, 0.1) is 0 Å². The van der Waals surface area contributed by atoms with E-state index >= 15 is 0 Å². The summed E-state index contributed by atoms with van der Waals surface area (Å²) in [5, 5.41) is 0.814. The van der Waals surface area contributed by atoms with Crippen molar-refractivity contribution in [1.82, 2.24) is 0 Å². The van der Waals surface area contributed by atoms with Crippen LogP contribution in [0.25, 0.3) is 0 Å². The molecule has 0 radical (unpaired) electrons. The fraction of sp³-hybridized carbons (Fsp3) is 0.143. The average molecular weight is 284 g/mol. The first-order chi connectivity index (χ1) is 4.83. The van der Waals surface area contributed by atoms with Gasteiger partial charge in [0.25, 0.3) is 0 Å². The standard InChI is InChI=1S/C7H6BrClSe/c8-5-10-7-3-1-6(9)2-4-7/h1-4H,5H2. The number of alkyl halides is 1. The minimum absolute atomic E-state index is 0.560. The Morgan fingerprint density at radius 1 is 1.30 bits per heavy atom. The van der Waals surface area contributed by atoms with E-state index in [0.29, 0.717) is 15.0 Å². The van der Waals surface area contributed by atoms with E-state index in [1.807, 2.05) is 12.1 Å². The molecule has 0 unspecified atom stereocenters. The van der Waals surface area contributed by atoms with Crippen LogP contribution in [0.4, 0.5) is 0 Å². The summed E-state index contributed by atoms with van der Waals surface area (Å²) in [6.07, 6.45) is 0. The third kappa shape index (κ3) is 2.63. The molecule has 0 amide bonds. The van der Waals surface area contributed by atoms with E-state index in [1.165, 1.54) is 4.46 Å². The van der Waals surface area contributed by atoms with E-state index in [-0.39, 0.29) is 0 Å². The minimum atomic E-state index is 0.560. The molecular weight excluding hydrogens is 278 g/mol. The van der Waals surface area contributed by atoms with Crippen LogP contribution in [0.1, 0.15) is 0 Å². The number of rotatable bonds is 2. The number of hydrogen-bond acceptors (Lipinski definition) is 0. The van der Waals surface area contributed by atoms with Crippen LogP contribution < -0.4 is 4.46 Å². The van der Waals surface area contributed by atoms with Crippen molar-refractivity contribution >= 4 is 46.9 Å². The van der Waals surface area contributed by atoms with E-state index in [0.717, 1.165) is 9.25 Å². The van der Waals surface area contributed by atoms with Crippen LogP contribution in [0.15, 0.2) is 24.3 Å². The summed E-state index contributed by atoms with van der Waals surface area (Å²) in [5.41, 5.74) is 0. The number of benzene rings is 1. The monoisotopic (exact) mass is 284 g/mol. The van der Waals surface area contributed by atoms with Gasteiger partial charge in [-0.3, -0.25) is 0 Å². The second-order valence-electron chi connectivity index (χ2n) is 1.71. The molecule has 0 nitrogen and oxygen atoms in total. The first kappa shape index (κ1) is 8.60. The molecule has 0 heterocycles. The summed E-state index contributed by atoms with van der Waals surface area (Å²) in [4.78, 5) is 0. The molecular formula is C7H6BrClSe. The van der Waals surface area contributed by atoms with Gasteiger partial charge in [-0.2, -0.15) is 0 Å². The Bertz CT molecular complexity index is 197. The van der Waals surface area contributed by atoms with E-state index < -0.39 is 0 Å². The fourth-order valence-corrected chi connectivity index (χ4v) is 3.05. The molecule has 1 rings (SSSR count). The molecule has 0 saturated carbocycles. The molecule has 3 heteroatoms. The van der Waals surface area contributed by atoms with Gasteiger partial charge in [-0.25, -0.2) is 0 Å². The van der Waals surface area contributed by atoms with Gasteiger partial charge in [0.15, 0.2) is 0 Å². The molecule has 1 aromatic carbocycles. The molecule has 0 fully saturated rings. The molecule has 0 aliphatic heterocycles. The van der Waals surface area contributed by atoms with Gasteiger partial charge >= 0.3 is 80.5 Å². The van der Waals surface area contributed by atoms with E-state index in [9.17, 15) is 0 Å². The zero-order chi connectivity index (χ0) is 7.40. The number of hydrogen-bond donors (Lipinski definition) is 0. The second-order valence-corrected chi connectivity index (χ2v) is 6.58. The molecule has 0 N–H and O–H groups in total. The summed E-state index contributed by atoms with van der Waals surface area (Å²) in [6, 6.07) is 8.01. The van der Waals surface area contributed by atoms with E-state index in [1.54, 1.807) is 0 Å². The van der Waals surface area contributed by atoms with Gasteiger partial charge in [0.1, 0.15) is 0 Å². The SMILES string of the molecule is Clc1ccc([Se]CBr)cc1. The molecule has 0 aliphatic rings. The Kier molecular flexibility index (Phi) is 3.79. The summed E-state index contributed by atoms with van der Waals surface area (Å²) in [6.45, 7) is 0. The van der Waals surface area contributed by atoms with Crippen molar-refractivity contribution in [3.8, 4) is 0 Å². The fourth-order valence-electron chi connectivity index (χ4n) is 0.594. The first-order valence-corrected chi connectivity index (χ1v) is 6.34. The van der Waals surface area contributed by atoms with E-state index in [2.05, 4.69) is 28.1 Å². The van der Waals surface area contributed by atoms with Crippen molar-refractivity contribution in [2.45, 2.75) is 0 Å². The molecule has 0 aromatic heterocycles. The van der Waals surface area contributed by atoms with Gasteiger partial charge < -0.3 is 0 Å². The molecule has 0 aliphatic carbocycles. The molecule has 10 heavy (non-hydrogen) atoms. The normalized spacial score (nSPS) is 9.80. The third-order valence-electron chi connectivity index (χ3n) is 1.03. The molecule has 1 aromatic rings. The number of halogens is 2. The summed E-state index contributed by atoms with van der Waals surface area (Å²) >= 11 is 9.67. The predicted octanol–water partition coefficient (Wildman–Crippen LogP) is 2.02. The summed E-state index contributed by atoms with van der Waals surface area (Å²) in [5.74, 6) is 0. The Labute approximate surface area is 80.2 Å². The van der Waals surface area contributed by atoms with Crippen LogP contribution >= 0.6 is 27.5 Å². The van der Waals surface area contributed by atoms with Crippen LogP contribution in [-0.2, 0) is 0 Å². The Morgan fingerprint density at radius 2 is 1.90 bits per heavy atom. The topological polar surface area (TPSA) is 0 Å². The zero-order valence-corrected chi connectivity index (χ0v) is 9.24. The third-order valence-corrected chi connectivity index (χ3v) is 3.98. The van der Waals surface area contributed by atoms with Gasteiger partial charge in [-0.05, 0) is 0 Å². The van der Waals surface area contributed by atoms with Crippen LogP contribution in [0, 0.1) is 0 Å². The van der Waals surface area contributed by atoms with Crippen LogP contribution in [0.3, 0.4) is 0 Å². The van der Waals surface area contributed by atoms with Crippen LogP contribution in [-0.4, -0.2) is 19.2 Å². The summed E-state index contributed by atoms with van der Waals surface area (Å²) < 4.78 is 2.45. The Balaban J connectivity index is 2.69. The van der Waals surface area contributed by atoms with Crippen molar-refractivity contribution < 1.29 is 0 Å². The molecule has 0 spiro atoms. The predicted molar refractivity (Wildman–Crippen MR) is 50.6 cm³/mol. The zero-order valence-electron chi connectivity index (χ0n) is 5.18. The molecule has 54 valence electrons. The van der Waals surface area contributed by atoms with Gasteiger partial charge in [-0.1, -0.05) is 0 Å². The average Bonchev–Trinajstić information content (AvgIpc) is 1.95. The van der Waals surface area contributed by atoms with Crippen LogP contribution in [0.5, 0.6) is 0 Å². The molecule has 0 atom stereocenters. The van der Waals surface area contributed by atoms with Crippen LogP contribution in [0.2, 0.25) is 5.02 Å². The van der Waals surface area contributed by atoms with Crippen molar-refractivity contribution in [2.24, 2.45) is 0 Å². The van der Waals surface area contributed by atoms with E-state index in [4.69, 9.17) is 11.6 Å². The van der Waals surface area contributed by atoms with Gasteiger partial charge in [0, 0.05) is 0 Å². The second kappa shape index (κ2) is 4.40. The van der Waals surface area contributed by atoms with Gasteiger partial charge in [0.2, 0.25) is 0 Å². The van der Waals surface area contributed by atoms with Gasteiger partial charge in [-0.15, -0.1) is 0 Å². The van der Waals surface area contributed by atoms with Crippen molar-refractivity contribution in [3.63, 3.8) is 0 Å². The molecule has 0 bridgehead atoms. The maximum atomic E-state index is 5.71.